The second kappa shape index (κ2) is 5.49. The van der Waals surface area contributed by atoms with Crippen LogP contribution in [0.2, 0.25) is 5.02 Å². The fourth-order valence-corrected chi connectivity index (χ4v) is 1.88. The lowest BCUT2D eigenvalue weighted by Gasteiger charge is -2.31. The summed E-state index contributed by atoms with van der Waals surface area (Å²) in [5.74, 6) is -0.0513. The molecule has 0 aliphatic carbocycles. The van der Waals surface area contributed by atoms with Crippen molar-refractivity contribution in [2.45, 2.75) is 12.6 Å². The lowest BCUT2D eigenvalue weighted by Crippen LogP contribution is -2.47. The smallest absolute Gasteiger partial charge is 0.248 e. The van der Waals surface area contributed by atoms with Gasteiger partial charge in [0, 0.05) is 18.1 Å². The standard InChI is InChI=1S/C12H14ClNO3/c13-10-3-1-9(2-4-10)5-14-6-11(7-15)17-8-12(14)16/h1-4,11,15H,5-8H2. The van der Waals surface area contributed by atoms with Gasteiger partial charge in [-0.3, -0.25) is 4.79 Å². The molecule has 1 aliphatic rings. The van der Waals surface area contributed by atoms with E-state index in [0.29, 0.717) is 18.1 Å². The maximum Gasteiger partial charge on any atom is 0.248 e. The van der Waals surface area contributed by atoms with E-state index in [1.165, 1.54) is 0 Å². The maximum atomic E-state index is 11.6. The van der Waals surface area contributed by atoms with Gasteiger partial charge in [0.15, 0.2) is 0 Å². The van der Waals surface area contributed by atoms with Crippen molar-refractivity contribution in [3.05, 3.63) is 34.9 Å². The molecule has 5 heteroatoms. The van der Waals surface area contributed by atoms with Gasteiger partial charge in [-0.05, 0) is 17.7 Å². The number of aliphatic hydroxyl groups excluding tert-OH is 1. The zero-order valence-corrected chi connectivity index (χ0v) is 10.1. The zero-order valence-electron chi connectivity index (χ0n) is 9.30. The number of hydrogen-bond acceptors (Lipinski definition) is 3. The first kappa shape index (κ1) is 12.4. The first-order valence-electron chi connectivity index (χ1n) is 5.43. The molecule has 1 amide bonds. The van der Waals surface area contributed by atoms with E-state index in [-0.39, 0.29) is 25.2 Å². The van der Waals surface area contributed by atoms with Gasteiger partial charge in [0.2, 0.25) is 5.91 Å². The Morgan fingerprint density at radius 3 is 2.76 bits per heavy atom. The predicted octanol–water partition coefficient (Wildman–Crippen LogP) is 1.06. The summed E-state index contributed by atoms with van der Waals surface area (Å²) in [6.07, 6.45) is -0.278. The maximum absolute atomic E-state index is 11.6. The molecule has 1 atom stereocenters. The summed E-state index contributed by atoms with van der Waals surface area (Å²) in [6, 6.07) is 7.37. The number of carbonyl (C=O) groups is 1. The van der Waals surface area contributed by atoms with E-state index in [1.807, 2.05) is 12.1 Å². The number of carbonyl (C=O) groups excluding carboxylic acids is 1. The molecule has 0 saturated carbocycles. The molecule has 2 rings (SSSR count). The Kier molecular flexibility index (Phi) is 3.99. The van der Waals surface area contributed by atoms with Gasteiger partial charge < -0.3 is 14.7 Å². The molecular formula is C12H14ClNO3. The Bertz CT molecular complexity index is 393. The van der Waals surface area contributed by atoms with Gasteiger partial charge in [0.1, 0.15) is 6.61 Å². The van der Waals surface area contributed by atoms with Gasteiger partial charge in [0.25, 0.3) is 0 Å². The highest BCUT2D eigenvalue weighted by Gasteiger charge is 2.25. The van der Waals surface area contributed by atoms with E-state index < -0.39 is 0 Å². The lowest BCUT2D eigenvalue weighted by molar-refractivity contribution is -0.151. The van der Waals surface area contributed by atoms with Crippen molar-refractivity contribution in [1.82, 2.24) is 4.90 Å². The van der Waals surface area contributed by atoms with Crippen LogP contribution in [-0.4, -0.2) is 41.8 Å². The van der Waals surface area contributed by atoms with Crippen LogP contribution in [0.25, 0.3) is 0 Å². The first-order valence-corrected chi connectivity index (χ1v) is 5.81. The third-order valence-electron chi connectivity index (χ3n) is 2.71. The summed E-state index contributed by atoms with van der Waals surface area (Å²) < 4.78 is 5.16. The number of morpholine rings is 1. The highest BCUT2D eigenvalue weighted by molar-refractivity contribution is 6.30. The molecule has 92 valence electrons. The monoisotopic (exact) mass is 255 g/mol. The van der Waals surface area contributed by atoms with Crippen LogP contribution in [0.5, 0.6) is 0 Å². The number of hydrogen-bond donors (Lipinski definition) is 1. The number of rotatable bonds is 3. The summed E-state index contributed by atoms with van der Waals surface area (Å²) in [6.45, 7) is 0.928. The molecule has 0 spiro atoms. The Balaban J connectivity index is 2.01. The molecule has 0 radical (unpaired) electrons. The summed E-state index contributed by atoms with van der Waals surface area (Å²) in [7, 11) is 0. The minimum atomic E-state index is -0.278. The molecule has 1 N–H and O–H groups in total. The minimum Gasteiger partial charge on any atom is -0.394 e. The highest BCUT2D eigenvalue weighted by Crippen LogP contribution is 2.14. The van der Waals surface area contributed by atoms with Crippen LogP contribution in [0.15, 0.2) is 24.3 Å². The van der Waals surface area contributed by atoms with Gasteiger partial charge in [-0.2, -0.15) is 0 Å². The summed E-state index contributed by atoms with van der Waals surface area (Å²) >= 11 is 5.80. The van der Waals surface area contributed by atoms with Crippen molar-refractivity contribution in [2.24, 2.45) is 0 Å². The van der Waals surface area contributed by atoms with Crippen molar-refractivity contribution in [2.75, 3.05) is 19.8 Å². The van der Waals surface area contributed by atoms with E-state index in [1.54, 1.807) is 17.0 Å². The highest BCUT2D eigenvalue weighted by atomic mass is 35.5. The third kappa shape index (κ3) is 3.19. The Hall–Kier alpha value is -1.10. The fraction of sp³-hybridized carbons (Fsp3) is 0.417. The van der Waals surface area contributed by atoms with Crippen LogP contribution in [0.4, 0.5) is 0 Å². The number of aliphatic hydroxyl groups is 1. The molecule has 1 unspecified atom stereocenters. The van der Waals surface area contributed by atoms with Crippen LogP contribution in [0, 0.1) is 0 Å². The molecule has 1 saturated heterocycles. The molecule has 1 fully saturated rings. The van der Waals surface area contributed by atoms with E-state index in [2.05, 4.69) is 0 Å². The van der Waals surface area contributed by atoms with Crippen molar-refractivity contribution in [1.29, 1.82) is 0 Å². The molecule has 1 aliphatic heterocycles. The Labute approximate surface area is 105 Å². The predicted molar refractivity (Wildman–Crippen MR) is 63.7 cm³/mol. The molecule has 4 nitrogen and oxygen atoms in total. The first-order chi connectivity index (χ1) is 8.19. The minimum absolute atomic E-state index is 0.0405. The van der Waals surface area contributed by atoms with Gasteiger partial charge in [-0.1, -0.05) is 23.7 Å². The van der Waals surface area contributed by atoms with Crippen molar-refractivity contribution >= 4 is 17.5 Å². The van der Waals surface area contributed by atoms with E-state index >= 15 is 0 Å². The van der Waals surface area contributed by atoms with Crippen molar-refractivity contribution in [3.8, 4) is 0 Å². The summed E-state index contributed by atoms with van der Waals surface area (Å²) in [4.78, 5) is 13.3. The van der Waals surface area contributed by atoms with Crippen LogP contribution in [0.3, 0.4) is 0 Å². The second-order valence-electron chi connectivity index (χ2n) is 4.02. The average Bonchev–Trinajstić information content (AvgIpc) is 2.35. The molecular weight excluding hydrogens is 242 g/mol. The number of amides is 1. The third-order valence-corrected chi connectivity index (χ3v) is 2.96. The average molecular weight is 256 g/mol. The van der Waals surface area contributed by atoms with Gasteiger partial charge in [-0.15, -0.1) is 0 Å². The second-order valence-corrected chi connectivity index (χ2v) is 4.45. The van der Waals surface area contributed by atoms with Crippen LogP contribution in [-0.2, 0) is 16.1 Å². The molecule has 0 bridgehead atoms. The van der Waals surface area contributed by atoms with Gasteiger partial charge >= 0.3 is 0 Å². The van der Waals surface area contributed by atoms with Crippen molar-refractivity contribution in [3.63, 3.8) is 0 Å². The Morgan fingerprint density at radius 2 is 2.12 bits per heavy atom. The Morgan fingerprint density at radius 1 is 1.41 bits per heavy atom. The van der Waals surface area contributed by atoms with Crippen molar-refractivity contribution < 1.29 is 14.6 Å². The largest absolute Gasteiger partial charge is 0.394 e. The van der Waals surface area contributed by atoms with E-state index in [4.69, 9.17) is 21.4 Å². The summed E-state index contributed by atoms with van der Waals surface area (Å²) in [5, 5.41) is 9.69. The molecule has 1 aromatic rings. The van der Waals surface area contributed by atoms with Crippen LogP contribution >= 0.6 is 11.6 Å². The van der Waals surface area contributed by atoms with Gasteiger partial charge in [-0.25, -0.2) is 0 Å². The van der Waals surface area contributed by atoms with E-state index in [0.717, 1.165) is 5.56 Å². The molecule has 1 heterocycles. The van der Waals surface area contributed by atoms with Crippen LogP contribution < -0.4 is 0 Å². The zero-order chi connectivity index (χ0) is 12.3. The summed E-state index contributed by atoms with van der Waals surface area (Å²) in [5.41, 5.74) is 1.02. The topological polar surface area (TPSA) is 49.8 Å². The van der Waals surface area contributed by atoms with Crippen LogP contribution in [0.1, 0.15) is 5.56 Å². The molecule has 1 aromatic carbocycles. The lowest BCUT2D eigenvalue weighted by atomic mass is 10.2. The normalized spacial score (nSPS) is 20.7. The quantitative estimate of drug-likeness (QED) is 0.879. The fourth-order valence-electron chi connectivity index (χ4n) is 1.75. The number of benzene rings is 1. The van der Waals surface area contributed by atoms with E-state index in [9.17, 15) is 4.79 Å². The number of ether oxygens (including phenoxy) is 1. The SMILES string of the molecule is O=C1COC(CO)CN1Cc1ccc(Cl)cc1. The molecule has 0 aromatic heterocycles. The number of nitrogens with zero attached hydrogens (tertiary/aromatic N) is 1. The number of halogens is 1. The van der Waals surface area contributed by atoms with Gasteiger partial charge in [0.05, 0.1) is 12.7 Å². The molecule has 17 heavy (non-hydrogen) atoms.